The third kappa shape index (κ3) is 6.02. The van der Waals surface area contributed by atoms with Crippen LogP contribution in [-0.2, 0) is 6.54 Å². The normalized spacial score (nSPS) is 11.4. The number of aliphatic hydroxyl groups is 1. The summed E-state index contributed by atoms with van der Waals surface area (Å²) >= 11 is 0. The Morgan fingerprint density at radius 2 is 2.00 bits per heavy atom. The van der Waals surface area contributed by atoms with Crippen LogP contribution in [0.2, 0.25) is 0 Å². The van der Waals surface area contributed by atoms with Crippen LogP contribution in [0.3, 0.4) is 0 Å². The highest BCUT2D eigenvalue weighted by Crippen LogP contribution is 2.20. The van der Waals surface area contributed by atoms with Crippen molar-refractivity contribution in [3.05, 3.63) is 23.4 Å². The number of rotatable bonds is 9. The lowest BCUT2D eigenvalue weighted by Crippen LogP contribution is -2.33. The zero-order chi connectivity index (χ0) is 15.8. The first-order valence-electron chi connectivity index (χ1n) is 7.99. The molecule has 0 atom stereocenters. The number of nitrogens with zero attached hydrogens (tertiary/aromatic N) is 2. The monoisotopic (exact) mass is 293 g/mol. The second-order valence-electron chi connectivity index (χ2n) is 6.37. The first kappa shape index (κ1) is 17.9. The fraction of sp³-hybridized carbons (Fsp3) is 0.706. The summed E-state index contributed by atoms with van der Waals surface area (Å²) in [6.45, 7) is 13.8. The summed E-state index contributed by atoms with van der Waals surface area (Å²) in [5.74, 6) is 1.69. The molecule has 1 aromatic rings. The number of aryl methyl sites for hydroxylation is 1. The van der Waals surface area contributed by atoms with Crippen LogP contribution in [0.4, 0.5) is 5.82 Å². The predicted octanol–water partition coefficient (Wildman–Crippen LogP) is 2.73. The Morgan fingerprint density at radius 1 is 1.29 bits per heavy atom. The van der Waals surface area contributed by atoms with E-state index in [4.69, 9.17) is 5.11 Å². The first-order valence-corrected chi connectivity index (χ1v) is 7.99. The van der Waals surface area contributed by atoms with Gasteiger partial charge >= 0.3 is 0 Å². The summed E-state index contributed by atoms with van der Waals surface area (Å²) < 4.78 is 0. The molecule has 1 aromatic heterocycles. The molecule has 4 nitrogen and oxygen atoms in total. The van der Waals surface area contributed by atoms with Crippen molar-refractivity contribution >= 4 is 5.82 Å². The number of hydrogen-bond acceptors (Lipinski definition) is 4. The summed E-state index contributed by atoms with van der Waals surface area (Å²) in [6, 6.07) is 2.59. The van der Waals surface area contributed by atoms with E-state index >= 15 is 0 Å². The fourth-order valence-electron chi connectivity index (χ4n) is 2.38. The number of aromatic nitrogens is 1. The van der Waals surface area contributed by atoms with Crippen molar-refractivity contribution in [1.82, 2.24) is 10.3 Å². The number of hydrogen-bond donors (Lipinski definition) is 2. The Balaban J connectivity index is 2.75. The van der Waals surface area contributed by atoms with E-state index in [1.165, 1.54) is 11.1 Å². The zero-order valence-corrected chi connectivity index (χ0v) is 14.2. The molecule has 2 N–H and O–H groups in total. The van der Waals surface area contributed by atoms with Gasteiger partial charge in [0.15, 0.2) is 0 Å². The number of aliphatic hydroxyl groups excluding tert-OH is 1. The second kappa shape index (κ2) is 9.00. The summed E-state index contributed by atoms with van der Waals surface area (Å²) in [5, 5.41) is 12.5. The molecule has 0 saturated heterocycles. The van der Waals surface area contributed by atoms with Gasteiger partial charge in [0, 0.05) is 31.9 Å². The number of pyridine rings is 1. The molecule has 1 rings (SSSR count). The average molecular weight is 293 g/mol. The quantitative estimate of drug-likeness (QED) is 0.735. The maximum atomic E-state index is 9.04. The lowest BCUT2D eigenvalue weighted by Gasteiger charge is -2.29. The molecular weight excluding hydrogens is 262 g/mol. The Labute approximate surface area is 129 Å². The molecule has 0 aliphatic carbocycles. The molecule has 0 aliphatic rings. The summed E-state index contributed by atoms with van der Waals surface area (Å²) in [7, 11) is 0. The van der Waals surface area contributed by atoms with E-state index < -0.39 is 0 Å². The molecule has 21 heavy (non-hydrogen) atoms. The number of anilines is 1. The van der Waals surface area contributed by atoms with E-state index in [0.717, 1.165) is 31.9 Å². The second-order valence-corrected chi connectivity index (χ2v) is 6.37. The maximum Gasteiger partial charge on any atom is 0.131 e. The lowest BCUT2D eigenvalue weighted by molar-refractivity contribution is 0.288. The molecule has 0 aliphatic heterocycles. The van der Waals surface area contributed by atoms with Crippen LogP contribution in [0.5, 0.6) is 0 Å². The molecule has 0 aromatic carbocycles. The van der Waals surface area contributed by atoms with Crippen molar-refractivity contribution in [2.24, 2.45) is 5.92 Å². The van der Waals surface area contributed by atoms with E-state index in [1.807, 2.05) is 6.20 Å². The molecule has 0 saturated carbocycles. The highest BCUT2D eigenvalue weighted by Gasteiger charge is 2.14. The van der Waals surface area contributed by atoms with E-state index in [2.05, 4.69) is 55.9 Å². The van der Waals surface area contributed by atoms with Gasteiger partial charge in [-0.2, -0.15) is 0 Å². The summed E-state index contributed by atoms with van der Waals surface area (Å²) in [4.78, 5) is 6.92. The predicted molar refractivity (Wildman–Crippen MR) is 89.7 cm³/mol. The van der Waals surface area contributed by atoms with Crippen molar-refractivity contribution in [2.45, 2.75) is 53.6 Å². The highest BCUT2D eigenvalue weighted by molar-refractivity contribution is 5.48. The van der Waals surface area contributed by atoms with Gasteiger partial charge in [-0.3, -0.25) is 0 Å². The summed E-state index contributed by atoms with van der Waals surface area (Å²) in [5.41, 5.74) is 2.42. The van der Waals surface area contributed by atoms with Gasteiger partial charge in [0.2, 0.25) is 0 Å². The van der Waals surface area contributed by atoms with Gasteiger partial charge in [0.05, 0.1) is 0 Å². The maximum absolute atomic E-state index is 9.04. The van der Waals surface area contributed by atoms with Crippen LogP contribution in [0.15, 0.2) is 12.3 Å². The molecule has 1 heterocycles. The Hall–Kier alpha value is -1.13. The molecule has 4 heteroatoms. The highest BCUT2D eigenvalue weighted by atomic mass is 16.3. The van der Waals surface area contributed by atoms with Crippen molar-refractivity contribution in [3.8, 4) is 0 Å². The zero-order valence-electron chi connectivity index (χ0n) is 14.2. The largest absolute Gasteiger partial charge is 0.396 e. The van der Waals surface area contributed by atoms with Gasteiger partial charge in [-0.15, -0.1) is 0 Å². The molecule has 120 valence electrons. The topological polar surface area (TPSA) is 48.4 Å². The van der Waals surface area contributed by atoms with Crippen molar-refractivity contribution in [3.63, 3.8) is 0 Å². The van der Waals surface area contributed by atoms with Gasteiger partial charge in [-0.05, 0) is 56.8 Å². The van der Waals surface area contributed by atoms with Gasteiger partial charge < -0.3 is 15.3 Å². The minimum atomic E-state index is 0.222. The lowest BCUT2D eigenvalue weighted by atomic mass is 10.1. The Kier molecular flexibility index (Phi) is 7.68. The van der Waals surface area contributed by atoms with Crippen LogP contribution in [-0.4, -0.2) is 35.8 Å². The number of nitrogens with one attached hydrogen (secondary N) is 1. The third-order valence-corrected chi connectivity index (χ3v) is 3.44. The first-order chi connectivity index (χ1) is 9.95. The smallest absolute Gasteiger partial charge is 0.131 e. The molecular formula is C17H31N3O. The van der Waals surface area contributed by atoms with Crippen LogP contribution in [0.1, 0.15) is 45.2 Å². The van der Waals surface area contributed by atoms with Gasteiger partial charge in [-0.25, -0.2) is 4.98 Å². The minimum Gasteiger partial charge on any atom is -0.396 e. The molecule has 0 radical (unpaired) electrons. The van der Waals surface area contributed by atoms with E-state index in [1.54, 1.807) is 0 Å². The molecule has 0 amide bonds. The van der Waals surface area contributed by atoms with Gasteiger partial charge in [0.25, 0.3) is 0 Å². The molecule has 0 fully saturated rings. The summed E-state index contributed by atoms with van der Waals surface area (Å²) in [6.07, 6.45) is 2.74. The Morgan fingerprint density at radius 3 is 2.52 bits per heavy atom. The SMILES string of the molecule is Cc1cc(CNCC(C)C)cnc1N(CCCO)C(C)C. The van der Waals surface area contributed by atoms with Crippen LogP contribution in [0.25, 0.3) is 0 Å². The van der Waals surface area contributed by atoms with Crippen molar-refractivity contribution < 1.29 is 5.11 Å². The van der Waals surface area contributed by atoms with Crippen molar-refractivity contribution in [2.75, 3.05) is 24.6 Å². The Bertz CT molecular complexity index is 418. The van der Waals surface area contributed by atoms with Crippen molar-refractivity contribution in [1.29, 1.82) is 0 Å². The molecule has 0 unspecified atom stereocenters. The van der Waals surface area contributed by atoms with E-state index in [0.29, 0.717) is 12.0 Å². The molecule has 0 bridgehead atoms. The molecule has 0 spiro atoms. The van der Waals surface area contributed by atoms with Gasteiger partial charge in [0.1, 0.15) is 5.82 Å². The third-order valence-electron chi connectivity index (χ3n) is 3.44. The minimum absolute atomic E-state index is 0.222. The van der Waals surface area contributed by atoms with Crippen LogP contribution in [0, 0.1) is 12.8 Å². The fourth-order valence-corrected chi connectivity index (χ4v) is 2.38. The van der Waals surface area contributed by atoms with Crippen LogP contribution < -0.4 is 10.2 Å². The van der Waals surface area contributed by atoms with E-state index in [9.17, 15) is 0 Å². The average Bonchev–Trinajstić information content (AvgIpc) is 2.40. The van der Waals surface area contributed by atoms with E-state index in [-0.39, 0.29) is 6.61 Å². The standard InChI is InChI=1S/C17H31N3O/c1-13(2)10-18-11-16-9-15(5)17(19-12-16)20(14(3)4)7-6-8-21/h9,12-14,18,21H,6-8,10-11H2,1-5H3. The van der Waals surface area contributed by atoms with Crippen LogP contribution >= 0.6 is 0 Å². The van der Waals surface area contributed by atoms with Gasteiger partial charge in [-0.1, -0.05) is 13.8 Å².